The summed E-state index contributed by atoms with van der Waals surface area (Å²) in [5, 5.41) is 3.11. The number of pyridine rings is 1. The average Bonchev–Trinajstić information content (AvgIpc) is 2.28. The van der Waals surface area contributed by atoms with Gasteiger partial charge in [0.1, 0.15) is 0 Å². The van der Waals surface area contributed by atoms with E-state index in [-0.39, 0.29) is 0 Å². The van der Waals surface area contributed by atoms with E-state index < -0.39 is 0 Å². The van der Waals surface area contributed by atoms with Crippen LogP contribution in [0.4, 0.5) is 0 Å². The van der Waals surface area contributed by atoms with Crippen LogP contribution in [-0.2, 0) is 6.42 Å². The van der Waals surface area contributed by atoms with Crippen LogP contribution in [0.3, 0.4) is 0 Å². The van der Waals surface area contributed by atoms with Gasteiger partial charge in [0.15, 0.2) is 0 Å². The molecule has 0 amide bonds. The highest BCUT2D eigenvalue weighted by Gasteiger charge is 1.98. The Bertz CT molecular complexity index is 320. The van der Waals surface area contributed by atoms with Gasteiger partial charge in [-0.15, -0.1) is 0 Å². The fourth-order valence-corrected chi connectivity index (χ4v) is 1.23. The Kier molecular flexibility index (Phi) is 5.28. The second-order valence-corrected chi connectivity index (χ2v) is 3.74. The summed E-state index contributed by atoms with van der Waals surface area (Å²) >= 11 is 0. The molecule has 1 aromatic heterocycles. The van der Waals surface area contributed by atoms with Crippen molar-refractivity contribution in [1.29, 1.82) is 0 Å². The van der Waals surface area contributed by atoms with Crippen molar-refractivity contribution < 1.29 is 0 Å². The molecule has 0 aromatic carbocycles. The third kappa shape index (κ3) is 4.75. The van der Waals surface area contributed by atoms with Crippen molar-refractivity contribution in [3.63, 3.8) is 0 Å². The van der Waals surface area contributed by atoms with Gasteiger partial charge in [0.2, 0.25) is 5.96 Å². The number of aliphatic imine (C=N–C) groups is 1. The number of guanidine groups is 1. The lowest BCUT2D eigenvalue weighted by molar-refractivity contribution is 0.701. The van der Waals surface area contributed by atoms with E-state index in [4.69, 9.17) is 5.84 Å². The second kappa shape index (κ2) is 6.79. The number of hydrogen-bond donors (Lipinski definition) is 3. The van der Waals surface area contributed by atoms with Gasteiger partial charge in [-0.25, -0.2) is 5.84 Å². The summed E-state index contributed by atoms with van der Waals surface area (Å²) in [6.07, 6.45) is 2.60. The quantitative estimate of drug-likeness (QED) is 0.298. The topological polar surface area (TPSA) is 75.3 Å². The molecular weight excluding hydrogens is 202 g/mol. The van der Waals surface area contributed by atoms with Crippen LogP contribution in [0.25, 0.3) is 0 Å². The first kappa shape index (κ1) is 12.4. The van der Waals surface area contributed by atoms with Crippen LogP contribution in [-0.4, -0.2) is 23.5 Å². The summed E-state index contributed by atoms with van der Waals surface area (Å²) < 4.78 is 0. The molecule has 5 heteroatoms. The Morgan fingerprint density at radius 1 is 1.50 bits per heavy atom. The first-order chi connectivity index (χ1) is 7.72. The Hall–Kier alpha value is -1.62. The lowest BCUT2D eigenvalue weighted by Crippen LogP contribution is -2.44. The molecule has 0 aliphatic carbocycles. The highest BCUT2D eigenvalue weighted by atomic mass is 15.3. The van der Waals surface area contributed by atoms with Gasteiger partial charge in [0, 0.05) is 30.9 Å². The molecule has 0 atom stereocenters. The van der Waals surface area contributed by atoms with E-state index >= 15 is 0 Å². The maximum Gasteiger partial charge on any atom is 0.205 e. The molecule has 16 heavy (non-hydrogen) atoms. The highest BCUT2D eigenvalue weighted by Crippen LogP contribution is 1.94. The molecule has 0 radical (unpaired) electrons. The lowest BCUT2D eigenvalue weighted by atomic mass is 10.3. The van der Waals surface area contributed by atoms with Crippen molar-refractivity contribution in [2.75, 3.05) is 6.54 Å². The van der Waals surface area contributed by atoms with E-state index in [0.717, 1.165) is 12.1 Å². The zero-order valence-corrected chi connectivity index (χ0v) is 9.77. The minimum atomic E-state index is 0.310. The largest absolute Gasteiger partial charge is 0.353 e. The first-order valence-corrected chi connectivity index (χ1v) is 5.40. The van der Waals surface area contributed by atoms with E-state index in [9.17, 15) is 0 Å². The van der Waals surface area contributed by atoms with Crippen molar-refractivity contribution in [2.45, 2.75) is 26.3 Å². The smallest absolute Gasteiger partial charge is 0.205 e. The molecule has 1 heterocycles. The Morgan fingerprint density at radius 3 is 2.88 bits per heavy atom. The minimum absolute atomic E-state index is 0.310. The number of hydrazine groups is 1. The Balaban J connectivity index is 2.40. The molecule has 0 unspecified atom stereocenters. The molecule has 1 rings (SSSR count). The number of nitrogens with one attached hydrogen (secondary N) is 2. The van der Waals surface area contributed by atoms with Crippen LogP contribution in [0.1, 0.15) is 19.5 Å². The zero-order valence-electron chi connectivity index (χ0n) is 9.77. The molecule has 0 fully saturated rings. The summed E-state index contributed by atoms with van der Waals surface area (Å²) in [6.45, 7) is 4.73. The van der Waals surface area contributed by atoms with Crippen LogP contribution in [0.5, 0.6) is 0 Å². The second-order valence-electron chi connectivity index (χ2n) is 3.74. The van der Waals surface area contributed by atoms with Gasteiger partial charge in [-0.1, -0.05) is 6.07 Å². The van der Waals surface area contributed by atoms with Crippen LogP contribution in [0, 0.1) is 0 Å². The predicted molar refractivity (Wildman–Crippen MR) is 65.8 cm³/mol. The summed E-state index contributed by atoms with van der Waals surface area (Å²) in [7, 11) is 0. The van der Waals surface area contributed by atoms with Crippen molar-refractivity contribution in [3.05, 3.63) is 30.1 Å². The van der Waals surface area contributed by atoms with Crippen molar-refractivity contribution >= 4 is 5.96 Å². The van der Waals surface area contributed by atoms with Crippen molar-refractivity contribution in [3.8, 4) is 0 Å². The number of hydrogen-bond acceptors (Lipinski definition) is 3. The average molecular weight is 221 g/mol. The maximum atomic E-state index is 5.34. The Morgan fingerprint density at radius 2 is 2.31 bits per heavy atom. The van der Waals surface area contributed by atoms with Gasteiger partial charge >= 0.3 is 0 Å². The fourth-order valence-electron chi connectivity index (χ4n) is 1.23. The highest BCUT2D eigenvalue weighted by molar-refractivity contribution is 5.79. The van der Waals surface area contributed by atoms with Gasteiger partial charge in [-0.05, 0) is 26.0 Å². The summed E-state index contributed by atoms with van der Waals surface area (Å²) in [6, 6.07) is 6.17. The summed E-state index contributed by atoms with van der Waals surface area (Å²) in [4.78, 5) is 8.53. The van der Waals surface area contributed by atoms with Gasteiger partial charge < -0.3 is 5.32 Å². The van der Waals surface area contributed by atoms with Gasteiger partial charge in [-0.2, -0.15) is 0 Å². The molecule has 0 bridgehead atoms. The van der Waals surface area contributed by atoms with Crippen LogP contribution in [0.2, 0.25) is 0 Å². The van der Waals surface area contributed by atoms with Gasteiger partial charge in [-0.3, -0.25) is 15.4 Å². The minimum Gasteiger partial charge on any atom is -0.353 e. The predicted octanol–water partition coefficient (Wildman–Crippen LogP) is 0.441. The van der Waals surface area contributed by atoms with Crippen molar-refractivity contribution in [2.24, 2.45) is 10.8 Å². The summed E-state index contributed by atoms with van der Waals surface area (Å²) in [5.74, 6) is 5.96. The van der Waals surface area contributed by atoms with Crippen LogP contribution >= 0.6 is 0 Å². The van der Waals surface area contributed by atoms with Crippen LogP contribution < -0.4 is 16.6 Å². The zero-order chi connectivity index (χ0) is 11.8. The third-order valence-corrected chi connectivity index (χ3v) is 1.93. The first-order valence-electron chi connectivity index (χ1n) is 5.40. The molecule has 0 aliphatic heterocycles. The maximum absolute atomic E-state index is 5.34. The van der Waals surface area contributed by atoms with E-state index in [0.29, 0.717) is 18.5 Å². The molecular formula is C11H19N5. The number of rotatable bonds is 4. The molecule has 1 aromatic rings. The molecule has 4 N–H and O–H groups in total. The third-order valence-electron chi connectivity index (χ3n) is 1.93. The number of aromatic nitrogens is 1. The SMILES string of the molecule is CC(C)NC(=NCCc1ccccn1)NN. The molecule has 0 saturated heterocycles. The Labute approximate surface area is 96.1 Å². The van der Waals surface area contributed by atoms with E-state index in [1.54, 1.807) is 6.20 Å². The van der Waals surface area contributed by atoms with E-state index in [2.05, 4.69) is 20.7 Å². The fraction of sp³-hybridized carbons (Fsp3) is 0.455. The number of nitrogens with zero attached hydrogens (tertiary/aromatic N) is 2. The molecule has 5 nitrogen and oxygen atoms in total. The van der Waals surface area contributed by atoms with Gasteiger partial charge in [0.05, 0.1) is 0 Å². The monoisotopic (exact) mass is 221 g/mol. The van der Waals surface area contributed by atoms with E-state index in [1.807, 2.05) is 32.0 Å². The normalized spacial score (nSPS) is 11.6. The molecule has 0 spiro atoms. The molecule has 88 valence electrons. The lowest BCUT2D eigenvalue weighted by Gasteiger charge is -2.11. The molecule has 0 aliphatic rings. The summed E-state index contributed by atoms with van der Waals surface area (Å²) in [5.41, 5.74) is 3.57. The van der Waals surface area contributed by atoms with E-state index in [1.165, 1.54) is 0 Å². The van der Waals surface area contributed by atoms with Gasteiger partial charge in [0.25, 0.3) is 0 Å². The molecule has 0 saturated carbocycles. The van der Waals surface area contributed by atoms with Crippen LogP contribution in [0.15, 0.2) is 29.4 Å². The number of nitrogens with two attached hydrogens (primary N) is 1. The standard InChI is InChI=1S/C11H19N5/c1-9(2)15-11(16-12)14-8-6-10-5-3-4-7-13-10/h3-5,7,9H,6,8,12H2,1-2H3,(H2,14,15,16). The van der Waals surface area contributed by atoms with Crippen molar-refractivity contribution in [1.82, 2.24) is 15.7 Å².